The molecule has 0 bridgehead atoms. The van der Waals surface area contributed by atoms with Crippen molar-refractivity contribution in [1.29, 1.82) is 0 Å². The van der Waals surface area contributed by atoms with Crippen LogP contribution in [0.1, 0.15) is 124 Å². The van der Waals surface area contributed by atoms with Gasteiger partial charge in [-0.05, 0) is 18.8 Å². The van der Waals surface area contributed by atoms with Crippen molar-refractivity contribution in [2.75, 3.05) is 6.61 Å². The fraction of sp³-hybridized carbons (Fsp3) is 0.955. The van der Waals surface area contributed by atoms with Gasteiger partial charge in [0.2, 0.25) is 0 Å². The number of hydrogen-bond acceptors (Lipinski definition) is 2. The van der Waals surface area contributed by atoms with Gasteiger partial charge in [-0.3, -0.25) is 4.79 Å². The third-order valence-electron chi connectivity index (χ3n) is 4.43. The van der Waals surface area contributed by atoms with Crippen molar-refractivity contribution in [3.8, 4) is 0 Å². The zero-order valence-electron chi connectivity index (χ0n) is 17.4. The molecule has 0 atom stereocenters. The second kappa shape index (κ2) is 23.4. The Labute approximate surface area is 157 Å². The first-order chi connectivity index (χ1) is 12.0. The first-order valence-electron chi connectivity index (χ1n) is 10.9. The summed E-state index contributed by atoms with van der Waals surface area (Å²) in [5.74, 6) is 0.212. The summed E-state index contributed by atoms with van der Waals surface area (Å²) in [6, 6.07) is 0. The smallest absolute Gasteiger partial charge is 0.303 e. The normalized spacial score (nSPS) is 10.6. The van der Waals surface area contributed by atoms with Gasteiger partial charge in [0.15, 0.2) is 0 Å². The molecule has 0 aliphatic carbocycles. The molecule has 0 amide bonds. The topological polar surface area (TPSA) is 57.5 Å². The summed E-state index contributed by atoms with van der Waals surface area (Å²) in [4.78, 5) is 10.3. The number of hydrogen-bond donors (Lipinski definition) is 2. The van der Waals surface area contributed by atoms with Gasteiger partial charge in [0.05, 0.1) is 0 Å². The number of carboxylic acids is 1. The van der Waals surface area contributed by atoms with Crippen molar-refractivity contribution in [1.82, 2.24) is 0 Å². The monoisotopic (exact) mass is 358 g/mol. The SMILES string of the molecule is CC(C)CCCCCCCCCCCCCCC(=O)O.CCCCO. The fourth-order valence-electron chi connectivity index (χ4n) is 2.75. The van der Waals surface area contributed by atoms with Crippen LogP contribution in [-0.4, -0.2) is 22.8 Å². The van der Waals surface area contributed by atoms with Gasteiger partial charge < -0.3 is 10.2 Å². The highest BCUT2D eigenvalue weighted by Crippen LogP contribution is 2.14. The van der Waals surface area contributed by atoms with E-state index in [1.54, 1.807) is 0 Å². The lowest BCUT2D eigenvalue weighted by Crippen LogP contribution is -1.93. The Kier molecular flexibility index (Phi) is 25.0. The molecule has 0 aromatic rings. The van der Waals surface area contributed by atoms with E-state index >= 15 is 0 Å². The molecule has 2 N–H and O–H groups in total. The Bertz CT molecular complexity index is 250. The molecule has 0 rings (SSSR count). The standard InChI is InChI=1S/C18H36O2.C4H10O/c1-17(2)15-13-11-9-7-5-3-4-6-8-10-12-14-16-18(19)20;1-2-3-4-5/h17H,3-16H2,1-2H3,(H,19,20);5H,2-4H2,1H3. The fourth-order valence-corrected chi connectivity index (χ4v) is 2.75. The van der Waals surface area contributed by atoms with E-state index in [9.17, 15) is 4.79 Å². The average Bonchev–Trinajstić information content (AvgIpc) is 2.56. The molecule has 0 aromatic carbocycles. The van der Waals surface area contributed by atoms with Gasteiger partial charge in [-0.25, -0.2) is 0 Å². The molecule has 0 aliphatic rings. The van der Waals surface area contributed by atoms with Crippen LogP contribution in [0, 0.1) is 5.92 Å². The van der Waals surface area contributed by atoms with E-state index in [2.05, 4.69) is 20.8 Å². The van der Waals surface area contributed by atoms with Crippen molar-refractivity contribution in [2.45, 2.75) is 124 Å². The highest BCUT2D eigenvalue weighted by Gasteiger charge is 1.97. The van der Waals surface area contributed by atoms with Gasteiger partial charge in [-0.1, -0.05) is 104 Å². The highest BCUT2D eigenvalue weighted by atomic mass is 16.4. The molecular formula is C22H46O3. The molecule has 25 heavy (non-hydrogen) atoms. The van der Waals surface area contributed by atoms with Crippen LogP contribution in [0.2, 0.25) is 0 Å². The van der Waals surface area contributed by atoms with Crippen LogP contribution in [0.25, 0.3) is 0 Å². The lowest BCUT2D eigenvalue weighted by Gasteiger charge is -2.04. The minimum Gasteiger partial charge on any atom is -0.481 e. The highest BCUT2D eigenvalue weighted by molar-refractivity contribution is 5.66. The van der Waals surface area contributed by atoms with Gasteiger partial charge in [-0.2, -0.15) is 0 Å². The van der Waals surface area contributed by atoms with E-state index < -0.39 is 5.97 Å². The van der Waals surface area contributed by atoms with E-state index in [4.69, 9.17) is 10.2 Å². The van der Waals surface area contributed by atoms with Crippen LogP contribution in [0.4, 0.5) is 0 Å². The van der Waals surface area contributed by atoms with Gasteiger partial charge in [-0.15, -0.1) is 0 Å². The Morgan fingerprint density at radius 2 is 1.12 bits per heavy atom. The molecule has 152 valence electrons. The van der Waals surface area contributed by atoms with Gasteiger partial charge >= 0.3 is 5.97 Å². The summed E-state index contributed by atoms with van der Waals surface area (Å²) in [5.41, 5.74) is 0. The van der Waals surface area contributed by atoms with E-state index in [-0.39, 0.29) is 0 Å². The molecule has 0 spiro atoms. The summed E-state index contributed by atoms with van der Waals surface area (Å²) >= 11 is 0. The van der Waals surface area contributed by atoms with Crippen molar-refractivity contribution in [3.05, 3.63) is 0 Å². The number of carboxylic acid groups (broad SMARTS) is 1. The number of carbonyl (C=O) groups is 1. The van der Waals surface area contributed by atoms with Crippen LogP contribution in [0.15, 0.2) is 0 Å². The molecule has 0 saturated carbocycles. The number of aliphatic carboxylic acids is 1. The molecule has 0 fully saturated rings. The molecule has 0 heterocycles. The van der Waals surface area contributed by atoms with Gasteiger partial charge in [0.1, 0.15) is 0 Å². The zero-order chi connectivity index (χ0) is 19.2. The second-order valence-electron chi connectivity index (χ2n) is 7.65. The van der Waals surface area contributed by atoms with Crippen molar-refractivity contribution in [3.63, 3.8) is 0 Å². The maximum atomic E-state index is 10.3. The lowest BCUT2D eigenvalue weighted by atomic mass is 10.0. The predicted octanol–water partition coefficient (Wildman–Crippen LogP) is 6.97. The summed E-state index contributed by atoms with van der Waals surface area (Å²) in [6.45, 7) is 7.01. The van der Waals surface area contributed by atoms with Crippen molar-refractivity contribution >= 4 is 5.97 Å². The van der Waals surface area contributed by atoms with Crippen molar-refractivity contribution in [2.24, 2.45) is 5.92 Å². The number of rotatable bonds is 17. The van der Waals surface area contributed by atoms with Crippen LogP contribution < -0.4 is 0 Å². The molecule has 3 heteroatoms. The molecule has 0 radical (unpaired) electrons. The summed E-state index contributed by atoms with van der Waals surface area (Å²) in [7, 11) is 0. The predicted molar refractivity (Wildman–Crippen MR) is 109 cm³/mol. The van der Waals surface area contributed by atoms with E-state index in [0.29, 0.717) is 13.0 Å². The van der Waals surface area contributed by atoms with E-state index in [0.717, 1.165) is 31.6 Å². The first-order valence-corrected chi connectivity index (χ1v) is 10.9. The van der Waals surface area contributed by atoms with Crippen LogP contribution in [-0.2, 0) is 4.79 Å². The molecular weight excluding hydrogens is 312 g/mol. The Morgan fingerprint density at radius 3 is 1.40 bits per heavy atom. The molecule has 0 aliphatic heterocycles. The average molecular weight is 359 g/mol. The molecule has 0 unspecified atom stereocenters. The quantitative estimate of drug-likeness (QED) is 0.276. The third kappa shape index (κ3) is 31.7. The number of aliphatic hydroxyl groups excluding tert-OH is 1. The van der Waals surface area contributed by atoms with Gasteiger partial charge in [0.25, 0.3) is 0 Å². The minimum atomic E-state index is -0.654. The molecule has 0 aromatic heterocycles. The number of aliphatic hydroxyl groups is 1. The van der Waals surface area contributed by atoms with Crippen LogP contribution in [0.3, 0.4) is 0 Å². The maximum absolute atomic E-state index is 10.3. The van der Waals surface area contributed by atoms with E-state index in [1.807, 2.05) is 0 Å². The first kappa shape index (κ1) is 26.7. The van der Waals surface area contributed by atoms with Crippen LogP contribution in [0.5, 0.6) is 0 Å². The Balaban J connectivity index is 0. The Morgan fingerprint density at radius 1 is 0.720 bits per heavy atom. The zero-order valence-corrected chi connectivity index (χ0v) is 17.4. The Hall–Kier alpha value is -0.570. The molecule has 3 nitrogen and oxygen atoms in total. The van der Waals surface area contributed by atoms with Gasteiger partial charge in [0, 0.05) is 13.0 Å². The van der Waals surface area contributed by atoms with E-state index in [1.165, 1.54) is 70.6 Å². The van der Waals surface area contributed by atoms with Crippen molar-refractivity contribution < 1.29 is 15.0 Å². The maximum Gasteiger partial charge on any atom is 0.303 e. The lowest BCUT2D eigenvalue weighted by molar-refractivity contribution is -0.137. The largest absolute Gasteiger partial charge is 0.481 e. The summed E-state index contributed by atoms with van der Waals surface area (Å²) < 4.78 is 0. The third-order valence-corrected chi connectivity index (χ3v) is 4.43. The second-order valence-corrected chi connectivity index (χ2v) is 7.65. The number of unbranched alkanes of at least 4 members (excludes halogenated alkanes) is 12. The summed E-state index contributed by atoms with van der Waals surface area (Å²) in [6.07, 6.45) is 19.4. The minimum absolute atomic E-state index is 0.344. The van der Waals surface area contributed by atoms with Crippen LogP contribution >= 0.6 is 0 Å². The molecule has 0 saturated heterocycles. The summed E-state index contributed by atoms with van der Waals surface area (Å²) in [5, 5.41) is 16.6.